The summed E-state index contributed by atoms with van der Waals surface area (Å²) in [6.07, 6.45) is -2.72. The fraction of sp³-hybridized carbons (Fsp3) is 0.591. The van der Waals surface area contributed by atoms with Crippen LogP contribution in [0, 0.1) is 11.6 Å². The summed E-state index contributed by atoms with van der Waals surface area (Å²) in [6.45, 7) is 9.26. The number of nitrogens with two attached hydrogens (primary N) is 1. The van der Waals surface area contributed by atoms with Crippen molar-refractivity contribution in [3.05, 3.63) is 35.4 Å². The van der Waals surface area contributed by atoms with E-state index in [1.165, 1.54) is 12.1 Å². The van der Waals surface area contributed by atoms with Crippen molar-refractivity contribution in [1.82, 2.24) is 4.90 Å². The van der Waals surface area contributed by atoms with E-state index in [0.29, 0.717) is 4.90 Å². The van der Waals surface area contributed by atoms with Gasteiger partial charge in [-0.2, -0.15) is 4.90 Å². The first kappa shape index (κ1) is 27.3. The van der Waals surface area contributed by atoms with Crippen LogP contribution in [0.15, 0.2) is 18.2 Å². The van der Waals surface area contributed by atoms with Crippen LogP contribution in [0.2, 0.25) is 0 Å². The number of carboxylic acids is 1. The van der Waals surface area contributed by atoms with Gasteiger partial charge < -0.3 is 20.3 Å². The topological polar surface area (TPSA) is 119 Å². The van der Waals surface area contributed by atoms with Crippen LogP contribution in [0.4, 0.5) is 18.4 Å². The number of carbonyl (C=O) groups excluding carboxylic acids is 2. The van der Waals surface area contributed by atoms with E-state index in [-0.39, 0.29) is 24.9 Å². The first-order chi connectivity index (χ1) is 14.6. The fourth-order valence-electron chi connectivity index (χ4n) is 2.91. The summed E-state index contributed by atoms with van der Waals surface area (Å²) in [4.78, 5) is 37.9. The molecule has 1 aromatic carbocycles. The SMILES string of the molecule is CC(C)(C)OC(=O)N(C(=O)OC(C)(C)C)C(CCC(CN)c1cccc(F)c1F)C(=O)O. The Labute approximate surface area is 186 Å². The smallest absolute Gasteiger partial charge is 0.420 e. The molecule has 0 saturated heterocycles. The number of carbonyl (C=O) groups is 3. The van der Waals surface area contributed by atoms with Crippen molar-refractivity contribution in [2.75, 3.05) is 6.54 Å². The summed E-state index contributed by atoms with van der Waals surface area (Å²) >= 11 is 0. The van der Waals surface area contributed by atoms with E-state index < -0.39 is 53.0 Å². The van der Waals surface area contributed by atoms with Gasteiger partial charge in [0.15, 0.2) is 11.6 Å². The molecule has 1 rings (SSSR count). The van der Waals surface area contributed by atoms with E-state index in [1.807, 2.05) is 0 Å². The van der Waals surface area contributed by atoms with Gasteiger partial charge in [0, 0.05) is 0 Å². The van der Waals surface area contributed by atoms with Crippen molar-refractivity contribution in [3.63, 3.8) is 0 Å². The maximum atomic E-state index is 14.2. The van der Waals surface area contributed by atoms with Crippen LogP contribution in [0.1, 0.15) is 65.9 Å². The molecule has 0 fully saturated rings. The van der Waals surface area contributed by atoms with Gasteiger partial charge in [0.05, 0.1) is 0 Å². The molecule has 0 aliphatic carbocycles. The highest BCUT2D eigenvalue weighted by Crippen LogP contribution is 2.27. The lowest BCUT2D eigenvalue weighted by Crippen LogP contribution is -2.52. The second kappa shape index (κ2) is 10.7. The minimum Gasteiger partial charge on any atom is -0.480 e. The van der Waals surface area contributed by atoms with Crippen molar-refractivity contribution in [2.45, 2.75) is 77.5 Å². The van der Waals surface area contributed by atoms with Crippen LogP contribution < -0.4 is 5.73 Å². The summed E-state index contributed by atoms with van der Waals surface area (Å²) in [6, 6.07) is 1.95. The predicted octanol–water partition coefficient (Wildman–Crippen LogP) is 4.41. The van der Waals surface area contributed by atoms with Crippen molar-refractivity contribution < 1.29 is 37.7 Å². The van der Waals surface area contributed by atoms with Crippen LogP contribution >= 0.6 is 0 Å². The van der Waals surface area contributed by atoms with E-state index in [2.05, 4.69) is 0 Å². The molecule has 32 heavy (non-hydrogen) atoms. The number of amides is 2. The zero-order valence-corrected chi connectivity index (χ0v) is 19.3. The molecular weight excluding hydrogens is 426 g/mol. The zero-order chi connectivity index (χ0) is 24.9. The average molecular weight is 459 g/mol. The third-order valence-electron chi connectivity index (χ3n) is 4.27. The molecule has 2 unspecified atom stereocenters. The highest BCUT2D eigenvalue weighted by atomic mass is 19.2. The second-order valence-corrected chi connectivity index (χ2v) is 9.34. The van der Waals surface area contributed by atoms with Crippen LogP contribution in [0.25, 0.3) is 0 Å². The van der Waals surface area contributed by atoms with Gasteiger partial charge in [0.1, 0.15) is 17.2 Å². The molecule has 0 aliphatic heterocycles. The molecule has 0 saturated carbocycles. The largest absolute Gasteiger partial charge is 0.480 e. The fourth-order valence-corrected chi connectivity index (χ4v) is 2.91. The molecule has 0 bridgehead atoms. The Kier molecular flexibility index (Phi) is 9.13. The summed E-state index contributed by atoms with van der Waals surface area (Å²) in [5.41, 5.74) is 3.68. The molecular formula is C22H32F2N2O6. The first-order valence-corrected chi connectivity index (χ1v) is 10.2. The minimum atomic E-state index is -1.68. The van der Waals surface area contributed by atoms with E-state index in [4.69, 9.17) is 15.2 Å². The van der Waals surface area contributed by atoms with Gasteiger partial charge in [0.2, 0.25) is 0 Å². The van der Waals surface area contributed by atoms with Gasteiger partial charge in [-0.15, -0.1) is 0 Å². The third kappa shape index (κ3) is 8.07. The highest BCUT2D eigenvalue weighted by Gasteiger charge is 2.40. The lowest BCUT2D eigenvalue weighted by atomic mass is 9.91. The Balaban J connectivity index is 3.24. The second-order valence-electron chi connectivity index (χ2n) is 9.34. The Morgan fingerprint density at radius 1 is 1.00 bits per heavy atom. The summed E-state index contributed by atoms with van der Waals surface area (Å²) in [5, 5.41) is 9.77. The van der Waals surface area contributed by atoms with Crippen molar-refractivity contribution in [2.24, 2.45) is 5.73 Å². The third-order valence-corrected chi connectivity index (χ3v) is 4.27. The van der Waals surface area contributed by atoms with E-state index in [1.54, 1.807) is 41.5 Å². The summed E-state index contributed by atoms with van der Waals surface area (Å²) in [5.74, 6) is -4.37. The monoisotopic (exact) mass is 458 g/mol. The Bertz CT molecular complexity index is 805. The van der Waals surface area contributed by atoms with E-state index in [9.17, 15) is 28.3 Å². The minimum absolute atomic E-state index is 0.0160. The quantitative estimate of drug-likeness (QED) is 0.621. The zero-order valence-electron chi connectivity index (χ0n) is 19.3. The molecule has 0 aromatic heterocycles. The molecule has 180 valence electrons. The van der Waals surface area contributed by atoms with Crippen LogP contribution in [-0.2, 0) is 14.3 Å². The normalized spacial score (nSPS) is 13.8. The van der Waals surface area contributed by atoms with Crippen molar-refractivity contribution in [3.8, 4) is 0 Å². The molecule has 10 heteroatoms. The maximum Gasteiger partial charge on any atom is 0.420 e. The summed E-state index contributed by atoms with van der Waals surface area (Å²) in [7, 11) is 0. The van der Waals surface area contributed by atoms with Gasteiger partial charge in [-0.3, -0.25) is 0 Å². The van der Waals surface area contributed by atoms with E-state index in [0.717, 1.165) is 6.07 Å². The van der Waals surface area contributed by atoms with Gasteiger partial charge >= 0.3 is 18.2 Å². The number of imide groups is 1. The number of benzene rings is 1. The Hall–Kier alpha value is -2.75. The molecule has 0 spiro atoms. The standard InChI is InChI=1S/C22H32F2N2O6/c1-21(2,3)31-19(29)26(20(30)32-22(4,5)6)16(18(27)28)11-10-13(12-25)14-8-7-9-15(23)17(14)24/h7-9,13,16H,10-12,25H2,1-6H3,(H,27,28). The number of aliphatic carboxylic acids is 1. The number of hydrogen-bond acceptors (Lipinski definition) is 6. The molecule has 8 nitrogen and oxygen atoms in total. The number of hydrogen-bond donors (Lipinski definition) is 2. The van der Waals surface area contributed by atoms with Crippen molar-refractivity contribution in [1.29, 1.82) is 0 Å². The number of ether oxygens (including phenoxy) is 2. The lowest BCUT2D eigenvalue weighted by Gasteiger charge is -2.32. The average Bonchev–Trinajstić information content (AvgIpc) is 2.60. The van der Waals surface area contributed by atoms with E-state index >= 15 is 0 Å². The molecule has 2 atom stereocenters. The van der Waals surface area contributed by atoms with Crippen LogP contribution in [0.5, 0.6) is 0 Å². The molecule has 0 radical (unpaired) electrons. The van der Waals surface area contributed by atoms with Gasteiger partial charge in [-0.05, 0) is 78.5 Å². The number of halogens is 2. The number of rotatable bonds is 7. The van der Waals surface area contributed by atoms with Gasteiger partial charge in [-0.25, -0.2) is 23.2 Å². The Morgan fingerprint density at radius 2 is 1.50 bits per heavy atom. The van der Waals surface area contributed by atoms with Crippen LogP contribution in [0.3, 0.4) is 0 Å². The molecule has 0 heterocycles. The molecule has 2 amide bonds. The number of nitrogens with zero attached hydrogens (tertiary/aromatic N) is 1. The molecule has 3 N–H and O–H groups in total. The summed E-state index contributed by atoms with van der Waals surface area (Å²) < 4.78 is 38.2. The highest BCUT2D eigenvalue weighted by molar-refractivity contribution is 5.93. The first-order valence-electron chi connectivity index (χ1n) is 10.2. The predicted molar refractivity (Wildman–Crippen MR) is 113 cm³/mol. The van der Waals surface area contributed by atoms with Crippen molar-refractivity contribution >= 4 is 18.2 Å². The molecule has 0 aliphatic rings. The lowest BCUT2D eigenvalue weighted by molar-refractivity contribution is -0.143. The van der Waals surface area contributed by atoms with Gasteiger partial charge in [-0.1, -0.05) is 12.1 Å². The van der Waals surface area contributed by atoms with Crippen LogP contribution in [-0.4, -0.2) is 52.0 Å². The van der Waals surface area contributed by atoms with Gasteiger partial charge in [0.25, 0.3) is 0 Å². The Morgan fingerprint density at radius 3 is 1.91 bits per heavy atom. The number of carboxylic acid groups (broad SMARTS) is 1. The molecule has 1 aromatic rings. The maximum absolute atomic E-state index is 14.2.